The summed E-state index contributed by atoms with van der Waals surface area (Å²) in [6.07, 6.45) is 6.64. The Labute approximate surface area is 129 Å². The van der Waals surface area contributed by atoms with Crippen LogP contribution in [0.15, 0.2) is 4.99 Å². The number of nitrogens with one attached hydrogen (secondary N) is 1. The number of hydrogen-bond donors (Lipinski definition) is 1. The summed E-state index contributed by atoms with van der Waals surface area (Å²) in [5.74, 6) is 2.93. The van der Waals surface area contributed by atoms with Crippen molar-refractivity contribution in [3.63, 3.8) is 0 Å². The topological polar surface area (TPSA) is 27.6 Å². The van der Waals surface area contributed by atoms with Gasteiger partial charge in [-0.25, -0.2) is 0 Å². The molecule has 0 radical (unpaired) electrons. The highest BCUT2D eigenvalue weighted by Crippen LogP contribution is 2.34. The van der Waals surface area contributed by atoms with E-state index in [9.17, 15) is 0 Å². The van der Waals surface area contributed by atoms with Gasteiger partial charge in [0, 0.05) is 26.2 Å². The smallest absolute Gasteiger partial charge is 0.193 e. The Morgan fingerprint density at radius 3 is 2.56 bits per heavy atom. The predicted octanol–water partition coefficient (Wildman–Crippen LogP) is 3.10. The van der Waals surface area contributed by atoms with Crippen LogP contribution >= 0.6 is 24.0 Å². The van der Waals surface area contributed by atoms with Gasteiger partial charge in [-0.2, -0.15) is 0 Å². The van der Waals surface area contributed by atoms with Gasteiger partial charge >= 0.3 is 0 Å². The fourth-order valence-electron chi connectivity index (χ4n) is 2.80. The maximum absolute atomic E-state index is 4.44. The molecule has 2 atom stereocenters. The number of aliphatic imine (C=N–C) groups is 1. The van der Waals surface area contributed by atoms with Crippen molar-refractivity contribution in [2.45, 2.75) is 52.0 Å². The first kappa shape index (κ1) is 16.1. The molecule has 1 N–H and O–H groups in total. The third-order valence-corrected chi connectivity index (χ3v) is 4.19. The molecule has 0 aromatic rings. The zero-order chi connectivity index (χ0) is 12.3. The number of nitrogens with zero attached hydrogens (tertiary/aromatic N) is 2. The van der Waals surface area contributed by atoms with Gasteiger partial charge in [-0.05, 0) is 37.5 Å². The van der Waals surface area contributed by atoms with Crippen LogP contribution in [-0.2, 0) is 0 Å². The Hall–Kier alpha value is 0. The number of rotatable bonds is 3. The fourth-order valence-corrected chi connectivity index (χ4v) is 2.80. The van der Waals surface area contributed by atoms with Crippen molar-refractivity contribution in [1.29, 1.82) is 0 Å². The van der Waals surface area contributed by atoms with Gasteiger partial charge in [0.05, 0.1) is 0 Å². The number of likely N-dealkylation sites (tertiary alicyclic amines) is 1. The minimum Gasteiger partial charge on any atom is -0.353 e. The average molecular weight is 365 g/mol. The van der Waals surface area contributed by atoms with Gasteiger partial charge in [0.1, 0.15) is 0 Å². The van der Waals surface area contributed by atoms with Crippen molar-refractivity contribution in [3.8, 4) is 0 Å². The lowest BCUT2D eigenvalue weighted by Crippen LogP contribution is -2.46. The third kappa shape index (κ3) is 4.28. The van der Waals surface area contributed by atoms with E-state index in [1.54, 1.807) is 0 Å². The van der Waals surface area contributed by atoms with Crippen LogP contribution in [0.3, 0.4) is 0 Å². The summed E-state index contributed by atoms with van der Waals surface area (Å²) in [5, 5.41) is 3.64. The molecule has 2 aliphatic rings. The first-order chi connectivity index (χ1) is 8.24. The lowest BCUT2D eigenvalue weighted by Gasteiger charge is -2.33. The van der Waals surface area contributed by atoms with E-state index in [4.69, 9.17) is 0 Å². The monoisotopic (exact) mass is 365 g/mol. The molecule has 0 spiro atoms. The van der Waals surface area contributed by atoms with E-state index in [-0.39, 0.29) is 24.0 Å². The molecular weight excluding hydrogens is 337 g/mol. The van der Waals surface area contributed by atoms with Crippen LogP contribution in [0.2, 0.25) is 0 Å². The van der Waals surface area contributed by atoms with Gasteiger partial charge in [-0.3, -0.25) is 4.99 Å². The third-order valence-electron chi connectivity index (χ3n) is 4.19. The second-order valence-electron chi connectivity index (χ2n) is 5.75. The highest BCUT2D eigenvalue weighted by molar-refractivity contribution is 14.0. The molecule has 1 aliphatic heterocycles. The molecule has 1 saturated heterocycles. The number of hydrogen-bond acceptors (Lipinski definition) is 1. The standard InChI is InChI=1S/C14H27N3.HI/c1-4-5-12-10-13(12)16-14(15-3)17-8-6-11(2)7-9-17;/h11-13H,4-10H2,1-3H3,(H,15,16);1H. The van der Waals surface area contributed by atoms with Crippen LogP contribution in [-0.4, -0.2) is 37.0 Å². The lowest BCUT2D eigenvalue weighted by molar-refractivity contribution is 0.273. The zero-order valence-corrected chi connectivity index (χ0v) is 14.3. The second-order valence-corrected chi connectivity index (χ2v) is 5.75. The fraction of sp³-hybridized carbons (Fsp3) is 0.929. The van der Waals surface area contributed by atoms with Crippen molar-refractivity contribution in [2.24, 2.45) is 16.8 Å². The molecule has 2 unspecified atom stereocenters. The zero-order valence-electron chi connectivity index (χ0n) is 12.0. The summed E-state index contributed by atoms with van der Waals surface area (Å²) in [5.41, 5.74) is 0. The van der Waals surface area contributed by atoms with Crippen LogP contribution in [0.1, 0.15) is 46.0 Å². The Morgan fingerprint density at radius 2 is 2.00 bits per heavy atom. The van der Waals surface area contributed by atoms with Crippen molar-refractivity contribution in [2.75, 3.05) is 20.1 Å². The Morgan fingerprint density at radius 1 is 1.33 bits per heavy atom. The number of piperidine rings is 1. The molecule has 0 aromatic heterocycles. The highest BCUT2D eigenvalue weighted by atomic mass is 127. The molecule has 0 amide bonds. The van der Waals surface area contributed by atoms with Gasteiger partial charge in [0.15, 0.2) is 5.96 Å². The van der Waals surface area contributed by atoms with Gasteiger partial charge in [0.25, 0.3) is 0 Å². The van der Waals surface area contributed by atoms with E-state index in [0.29, 0.717) is 6.04 Å². The first-order valence-corrected chi connectivity index (χ1v) is 7.22. The van der Waals surface area contributed by atoms with Crippen LogP contribution in [0.5, 0.6) is 0 Å². The molecule has 0 bridgehead atoms. The van der Waals surface area contributed by atoms with E-state index in [1.165, 1.54) is 45.2 Å². The Bertz CT molecular complexity index is 272. The van der Waals surface area contributed by atoms with Crippen molar-refractivity contribution in [3.05, 3.63) is 0 Å². The number of halogens is 1. The van der Waals surface area contributed by atoms with E-state index in [1.807, 2.05) is 7.05 Å². The normalized spacial score (nSPS) is 28.8. The van der Waals surface area contributed by atoms with Gasteiger partial charge < -0.3 is 10.2 Å². The highest BCUT2D eigenvalue weighted by Gasteiger charge is 2.37. The van der Waals surface area contributed by atoms with Gasteiger partial charge in [-0.15, -0.1) is 24.0 Å². The van der Waals surface area contributed by atoms with E-state index < -0.39 is 0 Å². The molecule has 4 heteroatoms. The summed E-state index contributed by atoms with van der Waals surface area (Å²) in [7, 11) is 1.91. The van der Waals surface area contributed by atoms with Crippen LogP contribution in [0.4, 0.5) is 0 Å². The summed E-state index contributed by atoms with van der Waals surface area (Å²) < 4.78 is 0. The van der Waals surface area contributed by atoms with E-state index in [0.717, 1.165) is 17.8 Å². The quantitative estimate of drug-likeness (QED) is 0.473. The largest absolute Gasteiger partial charge is 0.353 e. The summed E-state index contributed by atoms with van der Waals surface area (Å²) >= 11 is 0. The van der Waals surface area contributed by atoms with E-state index in [2.05, 4.69) is 29.1 Å². The maximum Gasteiger partial charge on any atom is 0.193 e. The predicted molar refractivity (Wildman–Crippen MR) is 88.7 cm³/mol. The van der Waals surface area contributed by atoms with Crippen molar-refractivity contribution in [1.82, 2.24) is 10.2 Å². The second kappa shape index (κ2) is 7.56. The van der Waals surface area contributed by atoms with Crippen molar-refractivity contribution < 1.29 is 0 Å². The van der Waals surface area contributed by atoms with Gasteiger partial charge in [0.2, 0.25) is 0 Å². The molecule has 2 rings (SSSR count). The van der Waals surface area contributed by atoms with Crippen molar-refractivity contribution >= 4 is 29.9 Å². The molecule has 2 fully saturated rings. The summed E-state index contributed by atoms with van der Waals surface area (Å²) in [4.78, 5) is 6.87. The Kier molecular flexibility index (Phi) is 6.74. The molecular formula is C14H28IN3. The average Bonchev–Trinajstić information content (AvgIpc) is 3.06. The van der Waals surface area contributed by atoms with E-state index >= 15 is 0 Å². The minimum absolute atomic E-state index is 0. The van der Waals surface area contributed by atoms with Crippen LogP contribution in [0, 0.1) is 11.8 Å². The summed E-state index contributed by atoms with van der Waals surface area (Å²) in [6.45, 7) is 6.97. The van der Waals surface area contributed by atoms with Crippen LogP contribution in [0.25, 0.3) is 0 Å². The molecule has 18 heavy (non-hydrogen) atoms. The molecule has 1 aliphatic carbocycles. The molecule has 3 nitrogen and oxygen atoms in total. The molecule has 0 aromatic carbocycles. The minimum atomic E-state index is 0. The Balaban J connectivity index is 0.00000162. The SMILES string of the molecule is CCCC1CC1NC(=NC)N1CCC(C)CC1.I. The lowest BCUT2D eigenvalue weighted by atomic mass is 10.00. The number of guanidine groups is 1. The summed E-state index contributed by atoms with van der Waals surface area (Å²) in [6, 6.07) is 0.702. The van der Waals surface area contributed by atoms with Gasteiger partial charge in [-0.1, -0.05) is 20.3 Å². The molecule has 106 valence electrons. The maximum atomic E-state index is 4.44. The first-order valence-electron chi connectivity index (χ1n) is 7.22. The molecule has 1 heterocycles. The van der Waals surface area contributed by atoms with Crippen LogP contribution < -0.4 is 5.32 Å². The molecule has 1 saturated carbocycles.